The molecule has 0 saturated carbocycles. The summed E-state index contributed by atoms with van der Waals surface area (Å²) in [4.78, 5) is 4.00. The van der Waals surface area contributed by atoms with Crippen LogP contribution >= 0.6 is 24.0 Å². The fraction of sp³-hybridized carbons (Fsp3) is 0.588. The Morgan fingerprint density at radius 2 is 1.82 bits per heavy atom. The molecule has 162 valence electrons. The highest BCUT2D eigenvalue weighted by atomic mass is 127. The first-order valence-corrected chi connectivity index (χ1v) is 10.1. The van der Waals surface area contributed by atoms with Crippen LogP contribution in [0.3, 0.4) is 0 Å². The summed E-state index contributed by atoms with van der Waals surface area (Å²) in [5.41, 5.74) is 1.29. The second-order valence-electron chi connectivity index (χ2n) is 6.83. The number of hydrogen-bond donors (Lipinski definition) is 2. The quantitative estimate of drug-likeness (QED) is 0.318. The molecular formula is C17H27F3IN3O3S. The van der Waals surface area contributed by atoms with Gasteiger partial charge in [0.2, 0.25) is 0 Å². The average molecular weight is 537 g/mol. The topological polar surface area (TPSA) is 79.8 Å². The number of halogens is 4. The minimum atomic E-state index is -4.43. The molecule has 1 rings (SSSR count). The van der Waals surface area contributed by atoms with Gasteiger partial charge in [-0.2, -0.15) is 13.2 Å². The van der Waals surface area contributed by atoms with Crippen molar-refractivity contribution >= 4 is 39.8 Å². The Morgan fingerprint density at radius 3 is 2.32 bits per heavy atom. The minimum Gasteiger partial charge on any atom is -0.484 e. The van der Waals surface area contributed by atoms with Crippen LogP contribution in [-0.4, -0.2) is 51.8 Å². The van der Waals surface area contributed by atoms with Gasteiger partial charge >= 0.3 is 6.18 Å². The van der Waals surface area contributed by atoms with E-state index in [1.807, 2.05) is 0 Å². The molecule has 0 amide bonds. The van der Waals surface area contributed by atoms with Gasteiger partial charge in [-0.1, -0.05) is 12.1 Å². The van der Waals surface area contributed by atoms with Gasteiger partial charge in [0.15, 0.2) is 22.4 Å². The van der Waals surface area contributed by atoms with Crippen molar-refractivity contribution < 1.29 is 26.3 Å². The first-order chi connectivity index (χ1) is 12.2. The molecule has 0 saturated heterocycles. The monoisotopic (exact) mass is 537 g/mol. The van der Waals surface area contributed by atoms with Crippen LogP contribution < -0.4 is 15.4 Å². The minimum absolute atomic E-state index is 0. The molecule has 1 aromatic carbocycles. The summed E-state index contributed by atoms with van der Waals surface area (Å²) in [5, 5.41) is 5.86. The molecule has 1 aromatic rings. The lowest BCUT2D eigenvalue weighted by molar-refractivity contribution is -0.153. The molecule has 0 aliphatic rings. The van der Waals surface area contributed by atoms with Crippen molar-refractivity contribution in [1.29, 1.82) is 0 Å². The van der Waals surface area contributed by atoms with Crippen LogP contribution in [0.2, 0.25) is 0 Å². The Balaban J connectivity index is 0.00000729. The molecule has 0 aliphatic carbocycles. The SMILES string of the molecule is CN=C(NCc1ccc(C)cc1OCC(F)(F)F)NCC(C)(C)S(C)(=O)=O.I. The Labute approximate surface area is 181 Å². The second kappa shape index (κ2) is 10.5. The van der Waals surface area contributed by atoms with E-state index in [4.69, 9.17) is 4.74 Å². The molecule has 6 nitrogen and oxygen atoms in total. The Morgan fingerprint density at radius 1 is 1.21 bits per heavy atom. The predicted molar refractivity (Wildman–Crippen MR) is 115 cm³/mol. The van der Waals surface area contributed by atoms with E-state index in [0.29, 0.717) is 11.5 Å². The van der Waals surface area contributed by atoms with Gasteiger partial charge in [0.1, 0.15) is 5.75 Å². The molecule has 0 atom stereocenters. The number of ether oxygens (including phenoxy) is 1. The molecule has 0 aromatic heterocycles. The second-order valence-corrected chi connectivity index (χ2v) is 9.48. The fourth-order valence-corrected chi connectivity index (χ4v) is 2.26. The highest BCUT2D eigenvalue weighted by Gasteiger charge is 2.30. The van der Waals surface area contributed by atoms with Crippen molar-refractivity contribution in [2.45, 2.75) is 38.2 Å². The van der Waals surface area contributed by atoms with Crippen molar-refractivity contribution in [2.24, 2.45) is 4.99 Å². The average Bonchev–Trinajstić information content (AvgIpc) is 2.52. The van der Waals surface area contributed by atoms with Crippen LogP contribution in [0.15, 0.2) is 23.2 Å². The molecule has 0 aliphatic heterocycles. The molecule has 0 spiro atoms. The van der Waals surface area contributed by atoms with Crippen molar-refractivity contribution in [2.75, 3.05) is 26.5 Å². The van der Waals surface area contributed by atoms with Gasteiger partial charge in [-0.3, -0.25) is 4.99 Å². The van der Waals surface area contributed by atoms with E-state index in [9.17, 15) is 21.6 Å². The number of rotatable bonds is 7. The number of aryl methyl sites for hydroxylation is 1. The number of aliphatic imine (C=N–C) groups is 1. The van der Waals surface area contributed by atoms with Crippen LogP contribution in [-0.2, 0) is 16.4 Å². The predicted octanol–water partition coefficient (Wildman–Crippen LogP) is 3.04. The Kier molecular flexibility index (Phi) is 10.0. The van der Waals surface area contributed by atoms with E-state index in [-0.39, 0.29) is 42.8 Å². The van der Waals surface area contributed by atoms with E-state index in [1.165, 1.54) is 13.1 Å². The molecule has 0 bridgehead atoms. The maximum atomic E-state index is 12.4. The van der Waals surface area contributed by atoms with Crippen molar-refractivity contribution in [1.82, 2.24) is 10.6 Å². The first-order valence-electron chi connectivity index (χ1n) is 8.18. The molecule has 0 fully saturated rings. The molecular weight excluding hydrogens is 510 g/mol. The lowest BCUT2D eigenvalue weighted by Gasteiger charge is -2.24. The summed E-state index contributed by atoms with van der Waals surface area (Å²) in [6, 6.07) is 4.97. The number of benzene rings is 1. The number of sulfone groups is 1. The van der Waals surface area contributed by atoms with Gasteiger partial charge in [0, 0.05) is 32.0 Å². The Bertz CT molecular complexity index is 782. The molecule has 0 radical (unpaired) electrons. The van der Waals surface area contributed by atoms with E-state index in [1.54, 1.807) is 32.9 Å². The maximum Gasteiger partial charge on any atom is 0.422 e. The van der Waals surface area contributed by atoms with Gasteiger partial charge in [-0.25, -0.2) is 8.42 Å². The summed E-state index contributed by atoms with van der Waals surface area (Å²) in [7, 11) is -1.77. The normalized spacial score (nSPS) is 12.9. The highest BCUT2D eigenvalue weighted by Crippen LogP contribution is 2.23. The van der Waals surface area contributed by atoms with E-state index in [2.05, 4.69) is 15.6 Å². The zero-order valence-electron chi connectivity index (χ0n) is 16.5. The molecule has 28 heavy (non-hydrogen) atoms. The van der Waals surface area contributed by atoms with Crippen LogP contribution in [0.1, 0.15) is 25.0 Å². The molecule has 2 N–H and O–H groups in total. The van der Waals surface area contributed by atoms with Gasteiger partial charge in [-0.05, 0) is 32.4 Å². The highest BCUT2D eigenvalue weighted by molar-refractivity contribution is 14.0. The largest absolute Gasteiger partial charge is 0.484 e. The lowest BCUT2D eigenvalue weighted by Crippen LogP contribution is -2.47. The third kappa shape index (κ3) is 8.84. The van der Waals surface area contributed by atoms with Gasteiger partial charge in [0.05, 0.1) is 4.75 Å². The van der Waals surface area contributed by atoms with E-state index >= 15 is 0 Å². The Hall–Kier alpha value is -1.24. The van der Waals surface area contributed by atoms with Gasteiger partial charge < -0.3 is 15.4 Å². The third-order valence-corrected chi connectivity index (χ3v) is 6.12. The van der Waals surface area contributed by atoms with Crippen molar-refractivity contribution in [3.8, 4) is 5.75 Å². The van der Waals surface area contributed by atoms with E-state index in [0.717, 1.165) is 11.8 Å². The first kappa shape index (κ1) is 26.8. The zero-order valence-corrected chi connectivity index (χ0v) is 19.6. The number of guanidine groups is 1. The van der Waals surface area contributed by atoms with Gasteiger partial charge in [-0.15, -0.1) is 24.0 Å². The van der Waals surface area contributed by atoms with Crippen molar-refractivity contribution in [3.05, 3.63) is 29.3 Å². The zero-order chi connectivity index (χ0) is 20.9. The van der Waals surface area contributed by atoms with E-state index < -0.39 is 27.4 Å². The number of alkyl halides is 3. The molecule has 0 heterocycles. The number of nitrogens with zero attached hydrogens (tertiary/aromatic N) is 1. The third-order valence-electron chi connectivity index (χ3n) is 3.97. The summed E-state index contributed by atoms with van der Waals surface area (Å²) in [6.45, 7) is 3.84. The molecule has 0 unspecified atom stereocenters. The van der Waals surface area contributed by atoms with Crippen molar-refractivity contribution in [3.63, 3.8) is 0 Å². The fourth-order valence-electron chi connectivity index (χ4n) is 1.93. The maximum absolute atomic E-state index is 12.4. The standard InChI is InChI=1S/C17H26F3N3O3S.HI/c1-12-6-7-13(14(8-12)26-11-17(18,19)20)9-22-15(21-4)23-10-16(2,3)27(5,24)25;/h6-8H,9-11H2,1-5H3,(H2,21,22,23);1H. The summed E-state index contributed by atoms with van der Waals surface area (Å²) in [6.07, 6.45) is -3.27. The number of hydrogen-bond acceptors (Lipinski definition) is 4. The summed E-state index contributed by atoms with van der Waals surface area (Å²) < 4.78 is 64.7. The lowest BCUT2D eigenvalue weighted by atomic mass is 10.1. The van der Waals surface area contributed by atoms with Crippen LogP contribution in [0.4, 0.5) is 13.2 Å². The van der Waals surface area contributed by atoms with Gasteiger partial charge in [0.25, 0.3) is 0 Å². The summed E-state index contributed by atoms with van der Waals surface area (Å²) in [5.74, 6) is 0.459. The van der Waals surface area contributed by atoms with Crippen LogP contribution in [0.5, 0.6) is 5.75 Å². The molecule has 11 heteroatoms. The number of nitrogens with one attached hydrogen (secondary N) is 2. The summed E-state index contributed by atoms with van der Waals surface area (Å²) >= 11 is 0. The van der Waals surface area contributed by atoms with Crippen LogP contribution in [0, 0.1) is 6.92 Å². The smallest absolute Gasteiger partial charge is 0.422 e. The van der Waals surface area contributed by atoms with Crippen LogP contribution in [0.25, 0.3) is 0 Å².